The van der Waals surface area contributed by atoms with E-state index in [-0.39, 0.29) is 18.4 Å². The second-order valence-corrected chi connectivity index (χ2v) is 11.7. The number of carbonyl (C=O) groups is 3. The van der Waals surface area contributed by atoms with E-state index in [2.05, 4.69) is 26.1 Å². The number of likely N-dealkylation sites (tertiary alicyclic amines) is 1. The number of hydrogen-bond acceptors (Lipinski definition) is 6. The lowest BCUT2D eigenvalue weighted by atomic mass is 9.77. The molecule has 6 rings (SSSR count). The molecular formula is C29H32BrN5O5. The summed E-state index contributed by atoms with van der Waals surface area (Å²) in [7, 11) is 0. The van der Waals surface area contributed by atoms with Crippen molar-refractivity contribution in [1.29, 1.82) is 0 Å². The van der Waals surface area contributed by atoms with Crippen LogP contribution in [0.3, 0.4) is 0 Å². The fraction of sp³-hybridized carbons (Fsp3) is 0.483. The van der Waals surface area contributed by atoms with Crippen molar-refractivity contribution in [2.75, 3.05) is 19.6 Å². The molecule has 10 nitrogen and oxygen atoms in total. The van der Waals surface area contributed by atoms with Gasteiger partial charge in [0.25, 0.3) is 0 Å². The van der Waals surface area contributed by atoms with Gasteiger partial charge in [0.1, 0.15) is 12.4 Å². The molecule has 1 saturated carbocycles. The first kappa shape index (κ1) is 26.7. The Morgan fingerprint density at radius 1 is 1.02 bits per heavy atom. The minimum atomic E-state index is -0.908. The molecule has 2 aliphatic heterocycles. The quantitative estimate of drug-likeness (QED) is 0.430. The maximum atomic E-state index is 14.1. The maximum absolute atomic E-state index is 14.1. The Morgan fingerprint density at radius 3 is 2.62 bits per heavy atom. The maximum Gasteiger partial charge on any atom is 0.307 e. The average Bonchev–Trinajstić information content (AvgIpc) is 3.58. The van der Waals surface area contributed by atoms with Gasteiger partial charge < -0.3 is 19.6 Å². The number of carbonyl (C=O) groups excluding carboxylic acids is 2. The molecule has 3 aliphatic rings. The zero-order chi connectivity index (χ0) is 27.8. The number of halogens is 1. The van der Waals surface area contributed by atoms with Crippen LogP contribution < -0.4 is 4.74 Å². The van der Waals surface area contributed by atoms with Crippen molar-refractivity contribution in [1.82, 2.24) is 24.4 Å². The molecule has 210 valence electrons. The summed E-state index contributed by atoms with van der Waals surface area (Å²) in [6, 6.07) is 9.07. The third-order valence-electron chi connectivity index (χ3n) is 8.56. The molecule has 1 aliphatic carbocycles. The second kappa shape index (κ2) is 11.2. The first-order chi connectivity index (χ1) is 19.4. The van der Waals surface area contributed by atoms with Gasteiger partial charge in [-0.3, -0.25) is 18.8 Å². The van der Waals surface area contributed by atoms with E-state index in [1.165, 1.54) is 0 Å². The first-order valence-corrected chi connectivity index (χ1v) is 14.8. The van der Waals surface area contributed by atoms with Crippen LogP contribution >= 0.6 is 15.9 Å². The summed E-state index contributed by atoms with van der Waals surface area (Å²) in [5.74, 6) is -0.947. The smallest absolute Gasteiger partial charge is 0.307 e. The zero-order valence-corrected chi connectivity index (χ0v) is 23.8. The molecule has 0 unspecified atom stereocenters. The van der Waals surface area contributed by atoms with E-state index in [1.807, 2.05) is 50.7 Å². The van der Waals surface area contributed by atoms with E-state index in [0.29, 0.717) is 56.9 Å². The van der Waals surface area contributed by atoms with Gasteiger partial charge in [-0.25, -0.2) is 0 Å². The Hall–Kier alpha value is -3.47. The lowest BCUT2D eigenvalue weighted by Crippen LogP contribution is -2.50. The number of fused-ring (bicyclic) bond motifs is 2. The fourth-order valence-corrected chi connectivity index (χ4v) is 7.08. The van der Waals surface area contributed by atoms with Gasteiger partial charge in [-0.2, -0.15) is 0 Å². The highest BCUT2D eigenvalue weighted by Crippen LogP contribution is 2.43. The number of carboxylic acids is 1. The standard InChI is InChI=1S/C29H32BrN5O5/c30-21-10-11-23(40-17-25-32-31-24-8-3-4-14-35(24)25)27-20(21)12-15-34(22(27)16-33-13-5-9-26(33)36)28(37)18-6-1-2-7-19(18)29(38)39/h3-4,8,10-11,14,18-19,22H,1-2,5-7,9,12-13,15-17H2,(H,38,39)/t18-,19+,22-/m1/s1. The van der Waals surface area contributed by atoms with Crippen LogP contribution in [0.2, 0.25) is 0 Å². The Balaban J connectivity index is 1.36. The predicted octanol–water partition coefficient (Wildman–Crippen LogP) is 4.01. The number of nitrogens with zero attached hydrogens (tertiary/aromatic N) is 5. The van der Waals surface area contributed by atoms with Gasteiger partial charge in [0.2, 0.25) is 11.8 Å². The number of pyridine rings is 1. The predicted molar refractivity (Wildman–Crippen MR) is 149 cm³/mol. The molecule has 11 heteroatoms. The van der Waals surface area contributed by atoms with Crippen LogP contribution in [0.25, 0.3) is 5.65 Å². The zero-order valence-electron chi connectivity index (χ0n) is 22.2. The number of hydrogen-bond donors (Lipinski definition) is 1. The van der Waals surface area contributed by atoms with Crippen molar-refractivity contribution in [3.05, 3.63) is 58.0 Å². The third-order valence-corrected chi connectivity index (χ3v) is 9.30. The van der Waals surface area contributed by atoms with Gasteiger partial charge in [-0.15, -0.1) is 10.2 Å². The van der Waals surface area contributed by atoms with E-state index in [9.17, 15) is 19.5 Å². The molecule has 3 aromatic rings. The van der Waals surface area contributed by atoms with Crippen LogP contribution in [0.1, 0.15) is 61.5 Å². The van der Waals surface area contributed by atoms with Crippen LogP contribution in [-0.2, 0) is 27.4 Å². The molecule has 1 aromatic carbocycles. The largest absolute Gasteiger partial charge is 0.485 e. The number of carboxylic acid groups (broad SMARTS) is 1. The molecule has 2 aromatic heterocycles. The van der Waals surface area contributed by atoms with Crippen LogP contribution in [-0.4, -0.2) is 66.9 Å². The van der Waals surface area contributed by atoms with E-state index < -0.39 is 23.8 Å². The molecule has 3 atom stereocenters. The second-order valence-electron chi connectivity index (χ2n) is 10.8. The van der Waals surface area contributed by atoms with Gasteiger partial charge in [0, 0.05) is 42.3 Å². The lowest BCUT2D eigenvalue weighted by molar-refractivity contribution is -0.154. The number of aliphatic carboxylic acids is 1. The van der Waals surface area contributed by atoms with Crippen LogP contribution in [0.5, 0.6) is 5.75 Å². The van der Waals surface area contributed by atoms with E-state index in [1.54, 1.807) is 0 Å². The molecule has 40 heavy (non-hydrogen) atoms. The summed E-state index contributed by atoms with van der Waals surface area (Å²) in [6.45, 7) is 1.62. The summed E-state index contributed by atoms with van der Waals surface area (Å²) < 4.78 is 9.18. The minimum absolute atomic E-state index is 0.0768. The molecule has 0 bridgehead atoms. The van der Waals surface area contributed by atoms with Crippen molar-refractivity contribution < 1.29 is 24.2 Å². The van der Waals surface area contributed by atoms with Crippen molar-refractivity contribution in [2.45, 2.75) is 57.6 Å². The number of ether oxygens (including phenoxy) is 1. The molecule has 4 heterocycles. The number of aromatic nitrogens is 3. The van der Waals surface area contributed by atoms with Gasteiger partial charge in [-0.1, -0.05) is 34.8 Å². The molecular weight excluding hydrogens is 578 g/mol. The topological polar surface area (TPSA) is 117 Å². The highest BCUT2D eigenvalue weighted by atomic mass is 79.9. The number of amides is 2. The van der Waals surface area contributed by atoms with Crippen molar-refractivity contribution in [3.8, 4) is 5.75 Å². The average molecular weight is 611 g/mol. The van der Waals surface area contributed by atoms with E-state index in [4.69, 9.17) is 4.74 Å². The normalized spacial score (nSPS) is 22.9. The van der Waals surface area contributed by atoms with Crippen LogP contribution in [0, 0.1) is 11.8 Å². The van der Waals surface area contributed by atoms with Crippen LogP contribution in [0.15, 0.2) is 41.0 Å². The van der Waals surface area contributed by atoms with E-state index in [0.717, 1.165) is 40.5 Å². The van der Waals surface area contributed by atoms with Gasteiger partial charge in [0.05, 0.1) is 17.9 Å². The number of rotatable bonds is 7. The minimum Gasteiger partial charge on any atom is -0.485 e. The van der Waals surface area contributed by atoms with Gasteiger partial charge in [0.15, 0.2) is 11.5 Å². The fourth-order valence-electron chi connectivity index (χ4n) is 6.53. The van der Waals surface area contributed by atoms with Crippen molar-refractivity contribution in [3.63, 3.8) is 0 Å². The monoisotopic (exact) mass is 609 g/mol. The summed E-state index contributed by atoms with van der Waals surface area (Å²) in [4.78, 5) is 42.6. The van der Waals surface area contributed by atoms with E-state index >= 15 is 0 Å². The summed E-state index contributed by atoms with van der Waals surface area (Å²) in [6.07, 6.45) is 6.51. The molecule has 0 radical (unpaired) electrons. The molecule has 2 amide bonds. The Bertz CT molecular complexity index is 1460. The Morgan fingerprint density at radius 2 is 1.85 bits per heavy atom. The van der Waals surface area contributed by atoms with Gasteiger partial charge >= 0.3 is 5.97 Å². The van der Waals surface area contributed by atoms with Crippen LogP contribution in [0.4, 0.5) is 0 Å². The summed E-state index contributed by atoms with van der Waals surface area (Å²) >= 11 is 3.71. The molecule has 2 fully saturated rings. The third kappa shape index (κ3) is 4.95. The lowest BCUT2D eigenvalue weighted by Gasteiger charge is -2.43. The SMILES string of the molecule is O=C(O)[C@H]1CCCC[C@H]1C(=O)N1CCc2c(Br)ccc(OCc3nnc4ccccn34)c2[C@H]1CN1CCCC1=O. The van der Waals surface area contributed by atoms with Gasteiger partial charge in [-0.05, 0) is 55.5 Å². The summed E-state index contributed by atoms with van der Waals surface area (Å²) in [5.41, 5.74) is 2.63. The molecule has 1 saturated heterocycles. The molecule has 0 spiro atoms. The summed E-state index contributed by atoms with van der Waals surface area (Å²) in [5, 5.41) is 18.4. The first-order valence-electron chi connectivity index (χ1n) is 14.0. The Kier molecular flexibility index (Phi) is 7.48. The number of benzene rings is 1. The van der Waals surface area contributed by atoms with Crippen molar-refractivity contribution >= 4 is 39.4 Å². The highest BCUT2D eigenvalue weighted by Gasteiger charge is 2.43. The van der Waals surface area contributed by atoms with Crippen molar-refractivity contribution in [2.24, 2.45) is 11.8 Å². The molecule has 1 N–H and O–H groups in total. The Labute approximate surface area is 240 Å². The highest BCUT2D eigenvalue weighted by molar-refractivity contribution is 9.10.